The van der Waals surface area contributed by atoms with Crippen molar-refractivity contribution in [3.8, 4) is 0 Å². The molecule has 2 nitrogen and oxygen atoms in total. The number of anilines is 1. The lowest BCUT2D eigenvalue weighted by atomic mass is 10.1. The van der Waals surface area contributed by atoms with Crippen molar-refractivity contribution in [2.24, 2.45) is 5.73 Å². The molecule has 4 N–H and O–H groups in total. The lowest BCUT2D eigenvalue weighted by Crippen LogP contribution is -2.14. The number of hydrogen-bond acceptors (Lipinski definition) is 2. The molecule has 0 aliphatic heterocycles. The summed E-state index contributed by atoms with van der Waals surface area (Å²) in [4.78, 5) is 0. The molecule has 0 bridgehead atoms. The highest BCUT2D eigenvalue weighted by Crippen LogP contribution is 2.34. The molecule has 0 unspecified atom stereocenters. The third-order valence-corrected chi connectivity index (χ3v) is 1.73. The average molecular weight is 208 g/mol. The second-order valence-corrected chi connectivity index (χ2v) is 2.73. The maximum absolute atomic E-state index is 13.0. The summed E-state index contributed by atoms with van der Waals surface area (Å²) >= 11 is 0. The van der Waals surface area contributed by atoms with Crippen LogP contribution >= 0.6 is 0 Å². The summed E-state index contributed by atoms with van der Waals surface area (Å²) in [6.07, 6.45) is -4.63. The highest BCUT2D eigenvalue weighted by molar-refractivity contribution is 5.46. The van der Waals surface area contributed by atoms with Crippen LogP contribution in [0.5, 0.6) is 0 Å². The van der Waals surface area contributed by atoms with Gasteiger partial charge in [-0.1, -0.05) is 0 Å². The summed E-state index contributed by atoms with van der Waals surface area (Å²) in [6.45, 7) is -0.513. The fraction of sp³-hybridized carbons (Fsp3) is 0.250. The molecule has 1 rings (SSSR count). The second kappa shape index (κ2) is 3.45. The zero-order valence-corrected chi connectivity index (χ0v) is 7.03. The van der Waals surface area contributed by atoms with Crippen LogP contribution in [0, 0.1) is 5.82 Å². The maximum atomic E-state index is 13.0. The van der Waals surface area contributed by atoms with Gasteiger partial charge in [-0.3, -0.25) is 0 Å². The number of hydrogen-bond donors (Lipinski definition) is 2. The van der Waals surface area contributed by atoms with Gasteiger partial charge in [0.25, 0.3) is 0 Å². The van der Waals surface area contributed by atoms with Gasteiger partial charge in [-0.25, -0.2) is 4.39 Å². The Labute approximate surface area is 77.5 Å². The third-order valence-electron chi connectivity index (χ3n) is 1.73. The predicted octanol–water partition coefficient (Wildman–Crippen LogP) is 1.89. The molecule has 6 heteroatoms. The number of nitrogen functional groups attached to an aromatic ring is 1. The largest absolute Gasteiger partial charge is 0.416 e. The zero-order chi connectivity index (χ0) is 10.9. The fourth-order valence-electron chi connectivity index (χ4n) is 1.12. The number of rotatable bonds is 1. The average Bonchev–Trinajstić information content (AvgIpc) is 2.01. The molecule has 0 spiro atoms. The SMILES string of the molecule is NCc1c(F)cc(N)cc1C(F)(F)F. The third kappa shape index (κ3) is 1.95. The molecular formula is C8H8F4N2. The van der Waals surface area contributed by atoms with Crippen molar-refractivity contribution in [1.29, 1.82) is 0 Å². The summed E-state index contributed by atoms with van der Waals surface area (Å²) < 4.78 is 49.9. The molecular weight excluding hydrogens is 200 g/mol. The van der Waals surface area contributed by atoms with Crippen LogP contribution < -0.4 is 11.5 Å². The molecule has 0 aliphatic carbocycles. The van der Waals surface area contributed by atoms with Crippen LogP contribution in [0.1, 0.15) is 11.1 Å². The highest BCUT2D eigenvalue weighted by Gasteiger charge is 2.34. The van der Waals surface area contributed by atoms with Crippen molar-refractivity contribution in [2.75, 3.05) is 5.73 Å². The molecule has 0 radical (unpaired) electrons. The van der Waals surface area contributed by atoms with Crippen LogP contribution in [0.3, 0.4) is 0 Å². The Bertz CT molecular complexity index is 346. The fourth-order valence-corrected chi connectivity index (χ4v) is 1.12. The van der Waals surface area contributed by atoms with Gasteiger partial charge >= 0.3 is 6.18 Å². The van der Waals surface area contributed by atoms with Crippen LogP contribution in [-0.2, 0) is 12.7 Å². The summed E-state index contributed by atoms with van der Waals surface area (Å²) in [7, 11) is 0. The summed E-state index contributed by atoms with van der Waals surface area (Å²) in [5.41, 5.74) is 8.17. The van der Waals surface area contributed by atoms with Crippen LogP contribution in [0.4, 0.5) is 23.2 Å². The van der Waals surface area contributed by atoms with Crippen molar-refractivity contribution in [3.63, 3.8) is 0 Å². The van der Waals surface area contributed by atoms with E-state index >= 15 is 0 Å². The van der Waals surface area contributed by atoms with E-state index in [1.54, 1.807) is 0 Å². The zero-order valence-electron chi connectivity index (χ0n) is 7.03. The molecule has 0 heterocycles. The quantitative estimate of drug-likeness (QED) is 0.547. The summed E-state index contributed by atoms with van der Waals surface area (Å²) in [5.74, 6) is -1.03. The lowest BCUT2D eigenvalue weighted by molar-refractivity contribution is -0.138. The topological polar surface area (TPSA) is 52.0 Å². The minimum Gasteiger partial charge on any atom is -0.399 e. The van der Waals surface area contributed by atoms with Gasteiger partial charge < -0.3 is 11.5 Å². The predicted molar refractivity (Wildman–Crippen MR) is 43.7 cm³/mol. The van der Waals surface area contributed by atoms with E-state index < -0.39 is 29.7 Å². The Hall–Kier alpha value is -1.30. The van der Waals surface area contributed by atoms with Crippen molar-refractivity contribution in [2.45, 2.75) is 12.7 Å². The van der Waals surface area contributed by atoms with Gasteiger partial charge in [0, 0.05) is 17.8 Å². The van der Waals surface area contributed by atoms with E-state index in [1.165, 1.54) is 0 Å². The molecule has 78 valence electrons. The van der Waals surface area contributed by atoms with Crippen LogP contribution in [-0.4, -0.2) is 0 Å². The van der Waals surface area contributed by atoms with Gasteiger partial charge in [0.2, 0.25) is 0 Å². The molecule has 0 amide bonds. The normalized spacial score (nSPS) is 11.8. The van der Waals surface area contributed by atoms with E-state index in [-0.39, 0.29) is 5.69 Å². The van der Waals surface area contributed by atoms with Crippen LogP contribution in [0.2, 0.25) is 0 Å². The van der Waals surface area contributed by atoms with Crippen LogP contribution in [0.25, 0.3) is 0 Å². The molecule has 0 saturated carbocycles. The van der Waals surface area contributed by atoms with Crippen LogP contribution in [0.15, 0.2) is 12.1 Å². The summed E-state index contributed by atoms with van der Waals surface area (Å²) in [5, 5.41) is 0. The van der Waals surface area contributed by atoms with E-state index in [4.69, 9.17) is 11.5 Å². The Balaban J connectivity index is 3.40. The molecule has 0 fully saturated rings. The van der Waals surface area contributed by atoms with Gasteiger partial charge in [0.1, 0.15) is 5.82 Å². The van der Waals surface area contributed by atoms with E-state index in [1.807, 2.05) is 0 Å². The second-order valence-electron chi connectivity index (χ2n) is 2.73. The monoisotopic (exact) mass is 208 g/mol. The van der Waals surface area contributed by atoms with Crippen molar-refractivity contribution >= 4 is 5.69 Å². The molecule has 0 saturated heterocycles. The van der Waals surface area contributed by atoms with Gasteiger partial charge in [-0.05, 0) is 12.1 Å². The molecule has 0 aliphatic rings. The standard InChI is InChI=1S/C8H8F4N2/c9-7-2-4(14)1-6(5(7)3-13)8(10,11)12/h1-2H,3,13-14H2. The summed E-state index contributed by atoms with van der Waals surface area (Å²) in [6, 6.07) is 1.49. The van der Waals surface area contributed by atoms with E-state index in [9.17, 15) is 17.6 Å². The molecule has 1 aromatic carbocycles. The van der Waals surface area contributed by atoms with Gasteiger partial charge in [0.05, 0.1) is 5.56 Å². The molecule has 0 aromatic heterocycles. The van der Waals surface area contributed by atoms with E-state index in [0.29, 0.717) is 6.07 Å². The first kappa shape index (κ1) is 10.8. The minimum atomic E-state index is -4.63. The van der Waals surface area contributed by atoms with Crippen molar-refractivity contribution < 1.29 is 17.6 Å². The Kier molecular flexibility index (Phi) is 2.66. The van der Waals surface area contributed by atoms with Crippen molar-refractivity contribution in [3.05, 3.63) is 29.1 Å². The maximum Gasteiger partial charge on any atom is 0.416 e. The Morgan fingerprint density at radius 3 is 2.21 bits per heavy atom. The lowest BCUT2D eigenvalue weighted by Gasteiger charge is -2.13. The Morgan fingerprint density at radius 2 is 1.79 bits per heavy atom. The number of alkyl halides is 3. The first-order chi connectivity index (χ1) is 6.36. The molecule has 0 atom stereocenters. The first-order valence-corrected chi connectivity index (χ1v) is 3.71. The first-order valence-electron chi connectivity index (χ1n) is 3.71. The van der Waals surface area contributed by atoms with E-state index in [0.717, 1.165) is 6.07 Å². The number of halogens is 4. The number of nitrogens with two attached hydrogens (primary N) is 2. The smallest absolute Gasteiger partial charge is 0.399 e. The van der Waals surface area contributed by atoms with Gasteiger partial charge in [-0.2, -0.15) is 13.2 Å². The molecule has 1 aromatic rings. The van der Waals surface area contributed by atoms with E-state index in [2.05, 4.69) is 0 Å². The highest BCUT2D eigenvalue weighted by atomic mass is 19.4. The minimum absolute atomic E-state index is 0.271. The Morgan fingerprint density at radius 1 is 1.21 bits per heavy atom. The van der Waals surface area contributed by atoms with Crippen molar-refractivity contribution in [1.82, 2.24) is 0 Å². The van der Waals surface area contributed by atoms with Gasteiger partial charge in [-0.15, -0.1) is 0 Å². The number of benzene rings is 1. The van der Waals surface area contributed by atoms with Gasteiger partial charge in [0.15, 0.2) is 0 Å². The molecule has 14 heavy (non-hydrogen) atoms.